The van der Waals surface area contributed by atoms with Crippen LogP contribution in [0.1, 0.15) is 25.3 Å². The predicted molar refractivity (Wildman–Crippen MR) is 70.2 cm³/mol. The highest BCUT2D eigenvalue weighted by atomic mass is 19.1. The Kier molecular flexibility index (Phi) is 4.54. The summed E-state index contributed by atoms with van der Waals surface area (Å²) >= 11 is 0. The molecule has 6 heteroatoms. The molecule has 0 aliphatic carbocycles. The number of carbonyl (C=O) groups is 1. The Morgan fingerprint density at radius 2 is 1.90 bits per heavy atom. The average Bonchev–Trinajstić information content (AvgIpc) is 2.95. The molecule has 110 valence electrons. The van der Waals surface area contributed by atoms with Crippen LogP contribution in [0.2, 0.25) is 0 Å². The second-order valence-corrected chi connectivity index (χ2v) is 4.89. The van der Waals surface area contributed by atoms with Crippen LogP contribution >= 0.6 is 0 Å². The zero-order chi connectivity index (χ0) is 14.7. The summed E-state index contributed by atoms with van der Waals surface area (Å²) in [7, 11) is 0. The molecule has 1 aliphatic rings. The Labute approximate surface area is 116 Å². The number of ether oxygens (including phenoxy) is 1. The fraction of sp³-hybridized carbons (Fsp3) is 0.500. The summed E-state index contributed by atoms with van der Waals surface area (Å²) < 4.78 is 32.7. The van der Waals surface area contributed by atoms with Crippen LogP contribution in [0, 0.1) is 11.6 Å². The molecule has 0 aromatic heterocycles. The van der Waals surface area contributed by atoms with E-state index in [9.17, 15) is 13.6 Å². The second-order valence-electron chi connectivity index (χ2n) is 4.89. The van der Waals surface area contributed by atoms with Crippen LogP contribution in [0.25, 0.3) is 0 Å². The van der Waals surface area contributed by atoms with Crippen molar-refractivity contribution >= 4 is 5.91 Å². The molecule has 2 N–H and O–H groups in total. The predicted octanol–water partition coefficient (Wildman–Crippen LogP) is 1.81. The van der Waals surface area contributed by atoms with Gasteiger partial charge >= 0.3 is 0 Å². The number of halogens is 2. The zero-order valence-corrected chi connectivity index (χ0v) is 11.4. The van der Waals surface area contributed by atoms with Crippen molar-refractivity contribution in [3.63, 3.8) is 0 Å². The first-order chi connectivity index (χ1) is 9.52. The van der Waals surface area contributed by atoms with E-state index in [1.54, 1.807) is 4.90 Å². The summed E-state index contributed by atoms with van der Waals surface area (Å²) in [5.74, 6) is -2.45. The number of likely N-dealkylation sites (tertiary alicyclic amines) is 1. The van der Waals surface area contributed by atoms with Crippen LogP contribution in [0.4, 0.5) is 8.78 Å². The molecule has 1 aromatic rings. The number of amides is 1. The highest BCUT2D eigenvalue weighted by Crippen LogP contribution is 2.25. The molecule has 1 aliphatic heterocycles. The standard InChI is InChI=1S/C14H18F2N2O2/c1-9(14(19)18-4-2-3-5-18)20-13-11(15)6-10(8-17)7-12(13)16/h6-7,9H,2-5,8,17H2,1H3. The van der Waals surface area contributed by atoms with Crippen molar-refractivity contribution < 1.29 is 18.3 Å². The van der Waals surface area contributed by atoms with Gasteiger partial charge in [-0.3, -0.25) is 4.79 Å². The third-order valence-electron chi connectivity index (χ3n) is 3.35. The third kappa shape index (κ3) is 3.07. The minimum atomic E-state index is -0.916. The minimum Gasteiger partial charge on any atom is -0.475 e. The van der Waals surface area contributed by atoms with Crippen molar-refractivity contribution in [3.8, 4) is 5.75 Å². The van der Waals surface area contributed by atoms with Crippen molar-refractivity contribution in [3.05, 3.63) is 29.3 Å². The van der Waals surface area contributed by atoms with Gasteiger partial charge in [0.25, 0.3) is 5.91 Å². The van der Waals surface area contributed by atoms with Crippen molar-refractivity contribution in [2.75, 3.05) is 13.1 Å². The molecule has 2 rings (SSSR count). The van der Waals surface area contributed by atoms with Crippen LogP contribution in [0.3, 0.4) is 0 Å². The lowest BCUT2D eigenvalue weighted by Crippen LogP contribution is -2.38. The normalized spacial score (nSPS) is 16.3. The van der Waals surface area contributed by atoms with Gasteiger partial charge in [0, 0.05) is 19.6 Å². The van der Waals surface area contributed by atoms with Crippen molar-refractivity contribution in [1.29, 1.82) is 0 Å². The highest BCUT2D eigenvalue weighted by molar-refractivity contribution is 5.81. The number of hydrogen-bond acceptors (Lipinski definition) is 3. The average molecular weight is 284 g/mol. The molecular weight excluding hydrogens is 266 g/mol. The summed E-state index contributed by atoms with van der Waals surface area (Å²) in [6, 6.07) is 2.23. The van der Waals surface area contributed by atoms with Gasteiger partial charge in [0.15, 0.2) is 23.5 Å². The highest BCUT2D eigenvalue weighted by Gasteiger charge is 2.26. The van der Waals surface area contributed by atoms with Gasteiger partial charge < -0.3 is 15.4 Å². The first-order valence-corrected chi connectivity index (χ1v) is 6.66. The van der Waals surface area contributed by atoms with Crippen LogP contribution in [-0.2, 0) is 11.3 Å². The van der Waals surface area contributed by atoms with E-state index in [1.165, 1.54) is 6.92 Å². The van der Waals surface area contributed by atoms with E-state index in [0.29, 0.717) is 18.7 Å². The van der Waals surface area contributed by atoms with E-state index >= 15 is 0 Å². The lowest BCUT2D eigenvalue weighted by atomic mass is 10.2. The third-order valence-corrected chi connectivity index (χ3v) is 3.35. The summed E-state index contributed by atoms with van der Waals surface area (Å²) in [6.45, 7) is 2.87. The summed E-state index contributed by atoms with van der Waals surface area (Å²) in [4.78, 5) is 13.7. The molecule has 1 heterocycles. The lowest BCUT2D eigenvalue weighted by Gasteiger charge is -2.21. The molecule has 1 unspecified atom stereocenters. The summed E-state index contributed by atoms with van der Waals surface area (Å²) in [5.41, 5.74) is 5.67. The number of carbonyl (C=O) groups excluding carboxylic acids is 1. The number of rotatable bonds is 4. The van der Waals surface area contributed by atoms with E-state index in [-0.39, 0.29) is 12.5 Å². The maximum Gasteiger partial charge on any atom is 0.263 e. The van der Waals surface area contributed by atoms with Crippen LogP contribution in [0.15, 0.2) is 12.1 Å². The van der Waals surface area contributed by atoms with Gasteiger partial charge in [0.05, 0.1) is 0 Å². The van der Waals surface area contributed by atoms with Gasteiger partial charge in [-0.2, -0.15) is 0 Å². The number of nitrogens with two attached hydrogens (primary N) is 1. The number of nitrogens with zero attached hydrogens (tertiary/aromatic N) is 1. The van der Waals surface area contributed by atoms with Gasteiger partial charge in [-0.05, 0) is 37.5 Å². The molecule has 20 heavy (non-hydrogen) atoms. The minimum absolute atomic E-state index is 0.0381. The smallest absolute Gasteiger partial charge is 0.263 e. The van der Waals surface area contributed by atoms with Gasteiger partial charge in [0.2, 0.25) is 0 Å². The Morgan fingerprint density at radius 1 is 1.35 bits per heavy atom. The van der Waals surface area contributed by atoms with Crippen LogP contribution in [-0.4, -0.2) is 30.0 Å². The van der Waals surface area contributed by atoms with E-state index in [1.807, 2.05) is 0 Å². The molecule has 0 bridgehead atoms. The Balaban J connectivity index is 2.11. The fourth-order valence-electron chi connectivity index (χ4n) is 2.26. The molecule has 0 spiro atoms. The quantitative estimate of drug-likeness (QED) is 0.917. The van der Waals surface area contributed by atoms with E-state index in [0.717, 1.165) is 25.0 Å². The molecule has 0 radical (unpaired) electrons. The molecule has 1 atom stereocenters. The summed E-state index contributed by atoms with van der Waals surface area (Å²) in [6.07, 6.45) is 0.986. The zero-order valence-electron chi connectivity index (χ0n) is 11.4. The Morgan fingerprint density at radius 3 is 2.40 bits per heavy atom. The van der Waals surface area contributed by atoms with Gasteiger partial charge in [-0.15, -0.1) is 0 Å². The number of hydrogen-bond donors (Lipinski definition) is 1. The van der Waals surface area contributed by atoms with Gasteiger partial charge in [-0.1, -0.05) is 0 Å². The monoisotopic (exact) mass is 284 g/mol. The first-order valence-electron chi connectivity index (χ1n) is 6.66. The van der Waals surface area contributed by atoms with E-state index in [4.69, 9.17) is 10.5 Å². The SMILES string of the molecule is CC(Oc1c(F)cc(CN)cc1F)C(=O)N1CCCC1. The fourth-order valence-corrected chi connectivity index (χ4v) is 2.26. The molecular formula is C14H18F2N2O2. The maximum atomic E-state index is 13.8. The Hall–Kier alpha value is -1.69. The number of benzene rings is 1. The van der Waals surface area contributed by atoms with E-state index in [2.05, 4.69) is 0 Å². The Bertz CT molecular complexity index is 479. The largest absolute Gasteiger partial charge is 0.475 e. The lowest BCUT2D eigenvalue weighted by molar-refractivity contribution is -0.136. The second kappa shape index (κ2) is 6.17. The molecule has 1 saturated heterocycles. The molecule has 4 nitrogen and oxygen atoms in total. The first kappa shape index (κ1) is 14.7. The molecule has 1 aromatic carbocycles. The maximum absolute atomic E-state index is 13.8. The van der Waals surface area contributed by atoms with Crippen molar-refractivity contribution in [2.24, 2.45) is 5.73 Å². The molecule has 0 saturated carbocycles. The molecule has 1 fully saturated rings. The van der Waals surface area contributed by atoms with Crippen LogP contribution in [0.5, 0.6) is 5.75 Å². The molecule has 1 amide bonds. The topological polar surface area (TPSA) is 55.6 Å². The van der Waals surface area contributed by atoms with Crippen molar-refractivity contribution in [2.45, 2.75) is 32.4 Å². The van der Waals surface area contributed by atoms with Gasteiger partial charge in [-0.25, -0.2) is 8.78 Å². The van der Waals surface area contributed by atoms with Crippen molar-refractivity contribution in [1.82, 2.24) is 4.90 Å². The van der Waals surface area contributed by atoms with E-state index < -0.39 is 23.5 Å². The summed E-state index contributed by atoms with van der Waals surface area (Å²) in [5, 5.41) is 0. The van der Waals surface area contributed by atoms with Gasteiger partial charge in [0.1, 0.15) is 0 Å². The van der Waals surface area contributed by atoms with Crippen LogP contribution < -0.4 is 10.5 Å².